The molecule has 7 heteroatoms. The molecule has 0 aliphatic heterocycles. The molecule has 0 radical (unpaired) electrons. The Labute approximate surface area is 190 Å². The van der Waals surface area contributed by atoms with Gasteiger partial charge in [-0.05, 0) is 24.1 Å². The number of hydrogen-bond donors (Lipinski definition) is 1. The number of esters is 1. The first kappa shape index (κ1) is 21.5. The third kappa shape index (κ3) is 5.31. The Balaban J connectivity index is 1.47. The molecule has 0 bridgehead atoms. The summed E-state index contributed by atoms with van der Waals surface area (Å²) < 4.78 is 9.02. The number of nitrogens with zero attached hydrogens (tertiary/aromatic N) is 2. The van der Waals surface area contributed by atoms with Crippen molar-refractivity contribution in [3.63, 3.8) is 0 Å². The van der Waals surface area contributed by atoms with Gasteiger partial charge in [-0.3, -0.25) is 4.79 Å². The normalized spacial score (nSPS) is 10.7. The topological polar surface area (TPSA) is 64.2 Å². The number of aromatic nitrogens is 2. The van der Waals surface area contributed by atoms with Crippen LogP contribution >= 0.6 is 11.3 Å². The van der Waals surface area contributed by atoms with Crippen LogP contribution in [0.25, 0.3) is 10.4 Å². The molecule has 2 aromatic carbocycles. The van der Waals surface area contributed by atoms with Gasteiger partial charge < -0.3 is 10.1 Å². The molecule has 1 N–H and O–H groups in total. The predicted molar refractivity (Wildman–Crippen MR) is 125 cm³/mol. The Morgan fingerprint density at radius 3 is 2.50 bits per heavy atom. The van der Waals surface area contributed by atoms with Crippen molar-refractivity contribution < 1.29 is 18.9 Å². The highest BCUT2D eigenvalue weighted by Crippen LogP contribution is 2.35. The lowest BCUT2D eigenvalue weighted by Crippen LogP contribution is -2.32. The molecule has 4 rings (SSSR count). The van der Waals surface area contributed by atoms with Crippen LogP contribution in [0, 0.1) is 0 Å². The molecule has 2 aromatic heterocycles. The van der Waals surface area contributed by atoms with Gasteiger partial charge in [-0.2, -0.15) is 0 Å². The van der Waals surface area contributed by atoms with Crippen LogP contribution in [0.15, 0.2) is 85.5 Å². The van der Waals surface area contributed by atoms with E-state index in [4.69, 9.17) is 4.74 Å². The van der Waals surface area contributed by atoms with Gasteiger partial charge in [-0.1, -0.05) is 60.7 Å². The van der Waals surface area contributed by atoms with Crippen molar-refractivity contribution in [1.29, 1.82) is 0 Å². The van der Waals surface area contributed by atoms with E-state index in [9.17, 15) is 9.59 Å². The minimum absolute atomic E-state index is 0.141. The first-order valence-electron chi connectivity index (χ1n) is 10.4. The summed E-state index contributed by atoms with van der Waals surface area (Å²) in [6.07, 6.45) is 5.68. The highest BCUT2D eigenvalue weighted by atomic mass is 32.1. The van der Waals surface area contributed by atoms with E-state index in [1.165, 1.54) is 16.9 Å². The van der Waals surface area contributed by atoms with Crippen LogP contribution < -0.4 is 9.88 Å². The van der Waals surface area contributed by atoms with Crippen molar-refractivity contribution in [2.24, 2.45) is 0 Å². The maximum Gasteiger partial charge on any atom is 0.341 e. The second kappa shape index (κ2) is 10.1. The van der Waals surface area contributed by atoms with E-state index in [1.807, 2.05) is 76.4 Å². The van der Waals surface area contributed by atoms with Gasteiger partial charge in [-0.25, -0.2) is 13.9 Å². The van der Waals surface area contributed by atoms with Gasteiger partial charge in [0.1, 0.15) is 23.9 Å². The molecule has 0 atom stereocenters. The predicted octanol–water partition coefficient (Wildman–Crippen LogP) is 4.37. The fourth-order valence-corrected chi connectivity index (χ4v) is 4.41. The number of benzene rings is 2. The molecule has 2 heterocycles. The number of ether oxygens (including phenoxy) is 1. The first-order chi connectivity index (χ1) is 15.6. The van der Waals surface area contributed by atoms with Crippen LogP contribution in [0.5, 0.6) is 0 Å². The quantitative estimate of drug-likeness (QED) is 0.323. The molecule has 0 saturated heterocycles. The van der Waals surface area contributed by atoms with Crippen molar-refractivity contribution in [3.8, 4) is 10.4 Å². The maximum atomic E-state index is 12.7. The summed E-state index contributed by atoms with van der Waals surface area (Å²) in [5.74, 6) is -0.651. The lowest BCUT2D eigenvalue weighted by atomic mass is 10.1. The van der Waals surface area contributed by atoms with Gasteiger partial charge in [0.05, 0.1) is 12.2 Å². The van der Waals surface area contributed by atoms with E-state index in [2.05, 4.69) is 17.4 Å². The summed E-state index contributed by atoms with van der Waals surface area (Å²) in [5, 5.41) is 3.39. The van der Waals surface area contributed by atoms with Crippen LogP contribution in [-0.2, 0) is 22.6 Å². The smallest absolute Gasteiger partial charge is 0.341 e. The maximum absolute atomic E-state index is 12.7. The molecule has 0 saturated carbocycles. The number of carbonyl (C=O) groups is 2. The van der Waals surface area contributed by atoms with Gasteiger partial charge in [0.15, 0.2) is 6.54 Å². The molecule has 0 fully saturated rings. The third-order valence-corrected chi connectivity index (χ3v) is 5.92. The van der Waals surface area contributed by atoms with E-state index < -0.39 is 5.97 Å². The molecular formula is C25H24N3O3S+. The molecule has 4 aromatic rings. The van der Waals surface area contributed by atoms with E-state index in [0.29, 0.717) is 10.6 Å². The second-order valence-electron chi connectivity index (χ2n) is 7.23. The van der Waals surface area contributed by atoms with Crippen LogP contribution in [0.2, 0.25) is 0 Å². The van der Waals surface area contributed by atoms with E-state index >= 15 is 0 Å². The summed E-state index contributed by atoms with van der Waals surface area (Å²) >= 11 is 1.37. The Morgan fingerprint density at radius 1 is 1.06 bits per heavy atom. The van der Waals surface area contributed by atoms with E-state index in [0.717, 1.165) is 17.0 Å². The average Bonchev–Trinajstić information content (AvgIpc) is 3.42. The van der Waals surface area contributed by atoms with Crippen LogP contribution in [-0.4, -0.2) is 23.1 Å². The van der Waals surface area contributed by atoms with E-state index in [1.54, 1.807) is 13.0 Å². The zero-order valence-electron chi connectivity index (χ0n) is 17.7. The molecule has 6 nitrogen and oxygen atoms in total. The minimum Gasteiger partial charge on any atom is -0.462 e. The second-order valence-corrected chi connectivity index (χ2v) is 8.28. The summed E-state index contributed by atoms with van der Waals surface area (Å²) in [6.45, 7) is 2.90. The Kier molecular flexibility index (Phi) is 6.77. The summed E-state index contributed by atoms with van der Waals surface area (Å²) in [7, 11) is 0. The van der Waals surface area contributed by atoms with Gasteiger partial charge in [0.25, 0.3) is 5.91 Å². The fraction of sp³-hybridized carbons (Fsp3) is 0.160. The highest BCUT2D eigenvalue weighted by Gasteiger charge is 2.20. The number of anilines is 1. The number of hydrogen-bond acceptors (Lipinski definition) is 4. The Bertz CT molecular complexity index is 1200. The minimum atomic E-state index is -0.442. The fourth-order valence-electron chi connectivity index (χ4n) is 3.34. The number of rotatable bonds is 8. The van der Waals surface area contributed by atoms with Crippen molar-refractivity contribution in [2.75, 3.05) is 11.9 Å². The zero-order chi connectivity index (χ0) is 22.3. The molecule has 1 amide bonds. The number of nitrogens with one attached hydrogen (secondary N) is 1. The molecule has 0 aliphatic rings. The molecule has 162 valence electrons. The van der Waals surface area contributed by atoms with Crippen LogP contribution in [0.3, 0.4) is 0 Å². The molecule has 0 spiro atoms. The molecule has 32 heavy (non-hydrogen) atoms. The average molecular weight is 447 g/mol. The van der Waals surface area contributed by atoms with Crippen molar-refractivity contribution in [3.05, 3.63) is 96.6 Å². The van der Waals surface area contributed by atoms with Gasteiger partial charge >= 0.3 is 5.97 Å². The standard InChI is InChI=1S/C25H23N3O3S/c1-2-31-25(30)21-15-22(20-11-7-4-8-12-20)32-24(21)26-23(29)17-28-14-13-27(18-28)16-19-9-5-3-6-10-19/h3-15,18H,2,16-17H2,1H3/p+1. The number of carbonyl (C=O) groups excluding carboxylic acids is 2. The summed E-state index contributed by atoms with van der Waals surface area (Å²) in [6, 6.07) is 21.7. The monoisotopic (exact) mass is 446 g/mol. The van der Waals surface area contributed by atoms with Crippen molar-refractivity contribution >= 4 is 28.2 Å². The van der Waals surface area contributed by atoms with Crippen LogP contribution in [0.1, 0.15) is 22.8 Å². The lowest BCUT2D eigenvalue weighted by molar-refractivity contribution is -0.687. The Hall–Kier alpha value is -3.71. The van der Waals surface area contributed by atoms with Crippen molar-refractivity contribution in [1.82, 2.24) is 4.57 Å². The Morgan fingerprint density at radius 2 is 1.78 bits per heavy atom. The number of amides is 1. The molecular weight excluding hydrogens is 422 g/mol. The van der Waals surface area contributed by atoms with E-state index in [-0.39, 0.29) is 19.1 Å². The summed E-state index contributed by atoms with van der Waals surface area (Å²) in [4.78, 5) is 26.1. The zero-order valence-corrected chi connectivity index (χ0v) is 18.5. The number of thiophene rings is 1. The molecule has 0 aliphatic carbocycles. The highest BCUT2D eigenvalue weighted by molar-refractivity contribution is 7.20. The van der Waals surface area contributed by atoms with Crippen LogP contribution in [0.4, 0.5) is 5.00 Å². The SMILES string of the molecule is CCOC(=O)c1cc(-c2ccccc2)sc1NC(=O)Cn1cc[n+](Cc2ccccc2)c1. The third-order valence-electron chi connectivity index (χ3n) is 4.82. The molecule has 0 unspecified atom stereocenters. The first-order valence-corrected chi connectivity index (χ1v) is 11.2. The number of imidazole rings is 1. The lowest BCUT2D eigenvalue weighted by Gasteiger charge is -2.05. The van der Waals surface area contributed by atoms with Gasteiger partial charge in [0.2, 0.25) is 6.33 Å². The largest absolute Gasteiger partial charge is 0.462 e. The van der Waals surface area contributed by atoms with Gasteiger partial charge in [-0.15, -0.1) is 11.3 Å². The van der Waals surface area contributed by atoms with Gasteiger partial charge in [0, 0.05) is 4.88 Å². The summed E-state index contributed by atoms with van der Waals surface area (Å²) in [5.41, 5.74) is 2.54. The van der Waals surface area contributed by atoms with Crippen molar-refractivity contribution in [2.45, 2.75) is 20.0 Å².